The number of alkyl halides is 2. The van der Waals surface area contributed by atoms with Crippen LogP contribution in [-0.4, -0.2) is 78.4 Å². The van der Waals surface area contributed by atoms with E-state index in [1.165, 1.54) is 12.1 Å². The Morgan fingerprint density at radius 1 is 1.23 bits per heavy atom. The van der Waals surface area contributed by atoms with Gasteiger partial charge in [-0.25, -0.2) is 17.6 Å². The molecule has 4 aliphatic rings. The molecule has 6 heterocycles. The molecule has 15 heteroatoms. The van der Waals surface area contributed by atoms with Gasteiger partial charge in [-0.1, -0.05) is 24.6 Å². The SMILES string of the molecule is C[C@H]1CN2CCC[C@@]2(COc2nc3c4c(c(Cl)c(-c5ccc(F)c6sc(N)c(C#N)c56)c(F)c4n2)OCC2COC(CC(F)F)CN32)C1. The molecule has 0 spiro atoms. The topological polar surface area (TPSA) is 110 Å². The number of benzene rings is 2. The number of thiophene rings is 1. The second-order valence-corrected chi connectivity index (χ2v) is 14.6. The maximum absolute atomic E-state index is 17.2. The molecule has 0 aliphatic carbocycles. The largest absolute Gasteiger partial charge is 0.489 e. The Hall–Kier alpha value is -3.64. The predicted molar refractivity (Wildman–Crippen MR) is 174 cm³/mol. The Morgan fingerprint density at radius 2 is 2.06 bits per heavy atom. The molecule has 4 aromatic rings. The summed E-state index contributed by atoms with van der Waals surface area (Å²) in [6, 6.07) is 4.00. The maximum Gasteiger partial charge on any atom is 0.319 e. The van der Waals surface area contributed by atoms with Gasteiger partial charge in [0, 0.05) is 30.5 Å². The Kier molecular flexibility index (Phi) is 7.74. The summed E-state index contributed by atoms with van der Waals surface area (Å²) in [7, 11) is 0. The van der Waals surface area contributed by atoms with Gasteiger partial charge in [0.2, 0.25) is 6.43 Å². The summed E-state index contributed by atoms with van der Waals surface area (Å²) in [6.45, 7) is 4.59. The zero-order valence-corrected chi connectivity index (χ0v) is 27.4. The Balaban J connectivity index is 1.33. The molecule has 0 radical (unpaired) electrons. The van der Waals surface area contributed by atoms with Crippen LogP contribution >= 0.6 is 22.9 Å². The van der Waals surface area contributed by atoms with Crippen molar-refractivity contribution in [2.75, 3.05) is 50.1 Å². The number of ether oxygens (including phenoxy) is 3. The molecular formula is C33H31ClF4N6O3S. The number of morpholine rings is 1. The number of hydrogen-bond donors (Lipinski definition) is 1. The van der Waals surface area contributed by atoms with E-state index < -0.39 is 36.6 Å². The van der Waals surface area contributed by atoms with Gasteiger partial charge in [-0.15, -0.1) is 11.3 Å². The molecule has 3 fully saturated rings. The molecule has 2 N–H and O–H groups in total. The average molecular weight is 703 g/mol. The lowest BCUT2D eigenvalue weighted by Crippen LogP contribution is -2.52. The van der Waals surface area contributed by atoms with Crippen LogP contribution in [0.2, 0.25) is 5.02 Å². The fourth-order valence-corrected chi connectivity index (χ4v) is 9.37. The van der Waals surface area contributed by atoms with E-state index in [2.05, 4.69) is 16.8 Å². The van der Waals surface area contributed by atoms with Crippen LogP contribution in [0.15, 0.2) is 12.1 Å². The van der Waals surface area contributed by atoms with Crippen LogP contribution < -0.4 is 20.1 Å². The highest BCUT2D eigenvalue weighted by molar-refractivity contribution is 7.23. The van der Waals surface area contributed by atoms with E-state index in [0.29, 0.717) is 12.5 Å². The normalized spacial score (nSPS) is 25.3. The number of nitrogen functional groups attached to an aromatic ring is 1. The lowest BCUT2D eigenvalue weighted by atomic mass is 9.92. The van der Waals surface area contributed by atoms with Crippen LogP contribution in [0.25, 0.3) is 32.1 Å². The number of aromatic nitrogens is 2. The third kappa shape index (κ3) is 4.92. The van der Waals surface area contributed by atoms with E-state index in [0.717, 1.165) is 43.7 Å². The van der Waals surface area contributed by atoms with Crippen LogP contribution in [0.3, 0.4) is 0 Å². The molecule has 0 saturated carbocycles. The third-order valence-electron chi connectivity index (χ3n) is 10.1. The van der Waals surface area contributed by atoms with Gasteiger partial charge in [0.25, 0.3) is 0 Å². The molecule has 252 valence electrons. The van der Waals surface area contributed by atoms with E-state index in [9.17, 15) is 18.4 Å². The fraction of sp³-hybridized carbons (Fsp3) is 0.485. The molecule has 4 aliphatic heterocycles. The van der Waals surface area contributed by atoms with Crippen molar-refractivity contribution in [2.45, 2.75) is 56.7 Å². The summed E-state index contributed by atoms with van der Waals surface area (Å²) in [5, 5.41) is 10.2. The lowest BCUT2D eigenvalue weighted by Gasteiger charge is -2.39. The molecule has 2 aromatic heterocycles. The first kappa shape index (κ1) is 31.6. The minimum Gasteiger partial charge on any atom is -0.489 e. The fourth-order valence-electron chi connectivity index (χ4n) is 8.09. The number of fused-ring (bicyclic) bond motifs is 4. The zero-order chi connectivity index (χ0) is 33.5. The van der Waals surface area contributed by atoms with Crippen LogP contribution in [-0.2, 0) is 4.74 Å². The van der Waals surface area contributed by atoms with E-state index in [1.807, 2.05) is 6.07 Å². The number of hydrogen-bond acceptors (Lipinski definition) is 10. The number of nitrogens with two attached hydrogens (primary N) is 1. The van der Waals surface area contributed by atoms with Gasteiger partial charge in [0.05, 0.1) is 45.0 Å². The summed E-state index contributed by atoms with van der Waals surface area (Å²) in [5.74, 6) is -0.659. The number of nitriles is 1. The molecule has 2 unspecified atom stereocenters. The summed E-state index contributed by atoms with van der Waals surface area (Å²) in [6.07, 6.45) is -0.918. The summed E-state index contributed by atoms with van der Waals surface area (Å²) >= 11 is 7.88. The van der Waals surface area contributed by atoms with Gasteiger partial charge in [-0.3, -0.25) is 4.90 Å². The Bertz CT molecular complexity index is 2010. The van der Waals surface area contributed by atoms with Crippen LogP contribution in [0.1, 0.15) is 38.2 Å². The minimum atomic E-state index is -2.58. The molecular weight excluding hydrogens is 672 g/mol. The quantitative estimate of drug-likeness (QED) is 0.218. The average Bonchev–Trinajstić information content (AvgIpc) is 3.66. The van der Waals surface area contributed by atoms with Crippen molar-refractivity contribution >= 4 is 54.7 Å². The highest BCUT2D eigenvalue weighted by Gasteiger charge is 2.48. The minimum absolute atomic E-state index is 0.00441. The van der Waals surface area contributed by atoms with Gasteiger partial charge in [-0.05, 0) is 43.4 Å². The monoisotopic (exact) mass is 702 g/mol. The van der Waals surface area contributed by atoms with Gasteiger partial charge in [-0.2, -0.15) is 15.2 Å². The first-order valence-electron chi connectivity index (χ1n) is 15.9. The standard InChI is InChI=1S/C33H31ClF4N6O3S/c1-15-8-33(5-2-6-43(33)10-15)14-47-32-41-27-24-28(46-13-16-12-45-17(7-21(36)37)11-44(16)31(24)42-32)25(34)23(26(27)38)18-3-4-20(35)29-22(18)19(9-39)30(40)48-29/h3-4,15-17,21H,2,5-8,10-14,40H2,1H3/t15-,16?,17?,33+/m1/s1. The van der Waals surface area contributed by atoms with E-state index in [-0.39, 0.29) is 90.6 Å². The Labute approximate surface area is 282 Å². The molecule has 0 bridgehead atoms. The van der Waals surface area contributed by atoms with Crippen molar-refractivity contribution in [3.63, 3.8) is 0 Å². The van der Waals surface area contributed by atoms with Crippen molar-refractivity contribution in [1.82, 2.24) is 14.9 Å². The molecule has 3 saturated heterocycles. The van der Waals surface area contributed by atoms with Gasteiger partial charge < -0.3 is 24.8 Å². The molecule has 4 atom stereocenters. The smallest absolute Gasteiger partial charge is 0.319 e. The van der Waals surface area contributed by atoms with Crippen LogP contribution in [0.4, 0.5) is 28.4 Å². The second-order valence-electron chi connectivity index (χ2n) is 13.2. The first-order valence-corrected chi connectivity index (χ1v) is 17.1. The first-order chi connectivity index (χ1) is 23.1. The lowest BCUT2D eigenvalue weighted by molar-refractivity contribution is -0.0240. The van der Waals surface area contributed by atoms with Gasteiger partial charge in [0.15, 0.2) is 11.6 Å². The number of halogens is 5. The molecule has 48 heavy (non-hydrogen) atoms. The number of anilines is 2. The maximum atomic E-state index is 17.2. The molecule has 0 amide bonds. The van der Waals surface area contributed by atoms with Crippen LogP contribution in [0, 0.1) is 28.9 Å². The van der Waals surface area contributed by atoms with E-state index in [4.69, 9.17) is 36.5 Å². The van der Waals surface area contributed by atoms with Crippen molar-refractivity contribution in [2.24, 2.45) is 5.92 Å². The van der Waals surface area contributed by atoms with Gasteiger partial charge >= 0.3 is 6.01 Å². The van der Waals surface area contributed by atoms with Crippen LogP contribution in [0.5, 0.6) is 11.8 Å². The third-order valence-corrected chi connectivity index (χ3v) is 11.5. The molecule has 9 nitrogen and oxygen atoms in total. The van der Waals surface area contributed by atoms with Crippen molar-refractivity contribution in [3.05, 3.63) is 34.4 Å². The van der Waals surface area contributed by atoms with Crippen molar-refractivity contribution < 1.29 is 31.8 Å². The summed E-state index contributed by atoms with van der Waals surface area (Å²) in [5.41, 5.74) is 5.74. The second kappa shape index (κ2) is 11.8. The van der Waals surface area contributed by atoms with Crippen molar-refractivity contribution in [1.29, 1.82) is 5.26 Å². The molecule has 2 aromatic carbocycles. The number of rotatable bonds is 6. The van der Waals surface area contributed by atoms with Gasteiger partial charge in [0.1, 0.15) is 41.4 Å². The van der Waals surface area contributed by atoms with E-state index >= 15 is 4.39 Å². The summed E-state index contributed by atoms with van der Waals surface area (Å²) < 4.78 is 77.5. The van der Waals surface area contributed by atoms with E-state index in [1.54, 1.807) is 4.90 Å². The predicted octanol–water partition coefficient (Wildman–Crippen LogP) is 6.77. The number of nitrogens with zero attached hydrogens (tertiary/aromatic N) is 5. The molecule has 8 rings (SSSR count). The zero-order valence-electron chi connectivity index (χ0n) is 25.9. The highest BCUT2D eigenvalue weighted by atomic mass is 35.5. The highest BCUT2D eigenvalue weighted by Crippen LogP contribution is 2.51. The summed E-state index contributed by atoms with van der Waals surface area (Å²) in [4.78, 5) is 13.6. The Morgan fingerprint density at radius 3 is 2.85 bits per heavy atom. The van der Waals surface area contributed by atoms with Crippen molar-refractivity contribution in [3.8, 4) is 29.0 Å².